The van der Waals surface area contributed by atoms with Crippen LogP contribution in [0, 0.1) is 34.6 Å². The van der Waals surface area contributed by atoms with Gasteiger partial charge in [0.1, 0.15) is 11.5 Å². The van der Waals surface area contributed by atoms with Gasteiger partial charge in [-0.2, -0.15) is 18.4 Å². The normalized spacial score (nSPS) is 15.2. The molecule has 0 bridgehead atoms. The number of hydrogen-bond donors (Lipinski definition) is 1. The number of nitriles is 1. The first-order chi connectivity index (χ1) is 20.7. The summed E-state index contributed by atoms with van der Waals surface area (Å²) in [6.07, 6.45) is -5.14. The maximum Gasteiger partial charge on any atom is 0.416 e. The number of nitrogens with two attached hydrogens (primary N) is 1. The summed E-state index contributed by atoms with van der Waals surface area (Å²) >= 11 is 0. The molecule has 1 unspecified atom stereocenters. The Kier molecular flexibility index (Phi) is 8.57. The van der Waals surface area contributed by atoms with Crippen molar-refractivity contribution in [3.05, 3.63) is 112 Å². The number of benzene rings is 3. The summed E-state index contributed by atoms with van der Waals surface area (Å²) in [6.45, 7) is 0. The molecule has 0 saturated carbocycles. The Morgan fingerprint density at radius 1 is 0.886 bits per heavy atom. The molecule has 0 aromatic heterocycles. The largest absolute Gasteiger partial charge is 0.466 e. The highest BCUT2D eigenvalue weighted by Gasteiger charge is 2.44. The average Bonchev–Trinajstić information content (AvgIpc) is 2.99. The van der Waals surface area contributed by atoms with E-state index in [0.717, 1.165) is 14.2 Å². The third kappa shape index (κ3) is 5.61. The van der Waals surface area contributed by atoms with Crippen LogP contribution in [0.3, 0.4) is 0 Å². The molecule has 15 heteroatoms. The van der Waals surface area contributed by atoms with Gasteiger partial charge in [-0.1, -0.05) is 30.3 Å². The standard InChI is InChI=1S/C29H18F7N3O5/c1-42-27(40)23-22(13-6-4-3-5-7-13)15(12-37)26(38)39(24(23)28(41)43-2)20-10-16(30)17(31)11-21(20)44-25-18(32)8-14(9-19(25)33)29(34,35)36/h3-11,22H,38H2,1-2H3. The van der Waals surface area contributed by atoms with Crippen molar-refractivity contribution in [2.24, 2.45) is 5.73 Å². The average molecular weight is 621 g/mol. The fourth-order valence-electron chi connectivity index (χ4n) is 4.47. The minimum absolute atomic E-state index is 0.0967. The van der Waals surface area contributed by atoms with Gasteiger partial charge >= 0.3 is 18.1 Å². The monoisotopic (exact) mass is 621 g/mol. The van der Waals surface area contributed by atoms with Crippen LogP contribution in [0.4, 0.5) is 36.4 Å². The van der Waals surface area contributed by atoms with Crippen LogP contribution in [0.1, 0.15) is 17.0 Å². The lowest BCUT2D eigenvalue weighted by molar-refractivity contribution is -0.139. The number of hydrogen-bond acceptors (Lipinski definition) is 8. The molecular formula is C29H18F7N3O5. The molecule has 0 aliphatic carbocycles. The van der Waals surface area contributed by atoms with Gasteiger partial charge in [0.05, 0.1) is 48.6 Å². The van der Waals surface area contributed by atoms with Gasteiger partial charge < -0.3 is 19.9 Å². The van der Waals surface area contributed by atoms with E-state index in [9.17, 15) is 45.6 Å². The first kappa shape index (κ1) is 31.4. The molecular weight excluding hydrogens is 603 g/mol. The summed E-state index contributed by atoms with van der Waals surface area (Å²) in [4.78, 5) is 27.0. The van der Waals surface area contributed by atoms with Crippen molar-refractivity contribution in [3.8, 4) is 17.6 Å². The first-order valence-corrected chi connectivity index (χ1v) is 12.1. The van der Waals surface area contributed by atoms with Gasteiger partial charge in [0.25, 0.3) is 0 Å². The lowest BCUT2D eigenvalue weighted by atomic mass is 9.81. The van der Waals surface area contributed by atoms with Crippen molar-refractivity contribution < 1.29 is 54.5 Å². The molecule has 228 valence electrons. The number of ether oxygens (including phenoxy) is 3. The van der Waals surface area contributed by atoms with E-state index in [-0.39, 0.29) is 23.8 Å². The predicted molar refractivity (Wildman–Crippen MR) is 137 cm³/mol. The van der Waals surface area contributed by atoms with Gasteiger partial charge in [0.2, 0.25) is 0 Å². The van der Waals surface area contributed by atoms with Crippen LogP contribution in [0.2, 0.25) is 0 Å². The Balaban J connectivity index is 2.05. The summed E-state index contributed by atoms with van der Waals surface area (Å²) < 4.78 is 113. The minimum Gasteiger partial charge on any atom is -0.466 e. The van der Waals surface area contributed by atoms with E-state index in [4.69, 9.17) is 19.9 Å². The molecule has 1 atom stereocenters. The van der Waals surface area contributed by atoms with Crippen LogP contribution >= 0.6 is 0 Å². The molecule has 1 heterocycles. The number of carbonyl (C=O) groups excluding carboxylic acids is 2. The van der Waals surface area contributed by atoms with Crippen LogP contribution in [-0.4, -0.2) is 26.2 Å². The van der Waals surface area contributed by atoms with E-state index in [1.165, 1.54) is 12.1 Å². The van der Waals surface area contributed by atoms with E-state index in [1.54, 1.807) is 24.3 Å². The Bertz CT molecular complexity index is 1740. The lowest BCUT2D eigenvalue weighted by Crippen LogP contribution is -2.41. The third-order valence-corrected chi connectivity index (χ3v) is 6.39. The van der Waals surface area contributed by atoms with E-state index in [0.29, 0.717) is 11.0 Å². The summed E-state index contributed by atoms with van der Waals surface area (Å²) in [5.74, 6) is -14.0. The molecule has 44 heavy (non-hydrogen) atoms. The van der Waals surface area contributed by atoms with E-state index in [2.05, 4.69) is 0 Å². The predicted octanol–water partition coefficient (Wildman–Crippen LogP) is 5.95. The number of nitrogens with zero attached hydrogens (tertiary/aromatic N) is 2. The highest BCUT2D eigenvalue weighted by molar-refractivity contribution is 6.06. The Hall–Kier alpha value is -5.52. The number of carbonyl (C=O) groups is 2. The Labute approximate surface area is 243 Å². The summed E-state index contributed by atoms with van der Waals surface area (Å²) in [6, 6.07) is 9.92. The maximum absolute atomic E-state index is 14.7. The maximum atomic E-state index is 14.7. The zero-order valence-corrected chi connectivity index (χ0v) is 22.4. The molecule has 0 amide bonds. The second kappa shape index (κ2) is 12.0. The van der Waals surface area contributed by atoms with E-state index >= 15 is 0 Å². The van der Waals surface area contributed by atoms with Gasteiger partial charge in [0, 0.05) is 12.1 Å². The first-order valence-electron chi connectivity index (χ1n) is 12.1. The van der Waals surface area contributed by atoms with Gasteiger partial charge in [-0.25, -0.2) is 27.2 Å². The van der Waals surface area contributed by atoms with Crippen LogP contribution in [0.25, 0.3) is 0 Å². The fraction of sp³-hybridized carbons (Fsp3) is 0.138. The molecule has 3 aromatic rings. The molecule has 8 nitrogen and oxygen atoms in total. The molecule has 4 rings (SSSR count). The summed E-state index contributed by atoms with van der Waals surface area (Å²) in [7, 11) is 1.85. The number of allylic oxidation sites excluding steroid dienone is 1. The highest BCUT2D eigenvalue weighted by atomic mass is 19.4. The molecule has 3 aromatic carbocycles. The number of rotatable bonds is 6. The van der Waals surface area contributed by atoms with Crippen LogP contribution in [-0.2, 0) is 25.2 Å². The van der Waals surface area contributed by atoms with Gasteiger partial charge in [-0.05, 0) is 17.7 Å². The van der Waals surface area contributed by atoms with E-state index in [1.807, 2.05) is 0 Å². The van der Waals surface area contributed by atoms with Crippen molar-refractivity contribution in [1.82, 2.24) is 0 Å². The SMILES string of the molecule is COC(=O)C1=C(C(=O)OC)N(c2cc(F)c(F)cc2Oc2c(F)cc(C(F)(F)F)cc2F)C(N)=C(C#N)C1c1ccccc1. The second-order valence-corrected chi connectivity index (χ2v) is 8.94. The zero-order valence-electron chi connectivity index (χ0n) is 22.4. The van der Waals surface area contributed by atoms with Crippen LogP contribution in [0.15, 0.2) is 77.3 Å². The number of halogens is 7. The molecule has 2 N–H and O–H groups in total. The molecule has 0 saturated heterocycles. The molecule has 1 aliphatic rings. The molecule has 0 radical (unpaired) electrons. The minimum atomic E-state index is -5.14. The smallest absolute Gasteiger partial charge is 0.416 e. The number of esters is 2. The van der Waals surface area contributed by atoms with Crippen molar-refractivity contribution in [1.29, 1.82) is 5.26 Å². The number of anilines is 1. The Morgan fingerprint density at radius 2 is 1.45 bits per heavy atom. The fourth-order valence-corrected chi connectivity index (χ4v) is 4.47. The van der Waals surface area contributed by atoms with E-state index < -0.39 is 92.7 Å². The number of alkyl halides is 3. The summed E-state index contributed by atoms with van der Waals surface area (Å²) in [5.41, 5.74) is 2.30. The highest BCUT2D eigenvalue weighted by Crippen LogP contribution is 2.47. The van der Waals surface area contributed by atoms with Gasteiger partial charge in [-0.15, -0.1) is 0 Å². The van der Waals surface area contributed by atoms with Crippen molar-refractivity contribution in [2.75, 3.05) is 19.1 Å². The van der Waals surface area contributed by atoms with Crippen LogP contribution in [0.5, 0.6) is 11.5 Å². The third-order valence-electron chi connectivity index (χ3n) is 6.39. The molecule has 0 spiro atoms. The van der Waals surface area contributed by atoms with Crippen LogP contribution < -0.4 is 15.4 Å². The van der Waals surface area contributed by atoms with Gasteiger partial charge in [0.15, 0.2) is 34.8 Å². The zero-order chi connectivity index (χ0) is 32.5. The quantitative estimate of drug-likeness (QED) is 0.265. The summed E-state index contributed by atoms with van der Waals surface area (Å²) in [5, 5.41) is 10.1. The lowest BCUT2D eigenvalue weighted by Gasteiger charge is -2.36. The Morgan fingerprint density at radius 3 is 1.98 bits per heavy atom. The topological polar surface area (TPSA) is 115 Å². The second-order valence-electron chi connectivity index (χ2n) is 8.94. The van der Waals surface area contributed by atoms with Crippen molar-refractivity contribution >= 4 is 17.6 Å². The van der Waals surface area contributed by atoms with Crippen molar-refractivity contribution in [2.45, 2.75) is 12.1 Å². The molecule has 1 aliphatic heterocycles. The van der Waals surface area contributed by atoms with Crippen molar-refractivity contribution in [3.63, 3.8) is 0 Å². The van der Waals surface area contributed by atoms with Gasteiger partial charge in [-0.3, -0.25) is 4.90 Å². The number of methoxy groups -OCH3 is 2. The molecule has 0 fully saturated rings.